The Morgan fingerprint density at radius 2 is 2.00 bits per heavy atom. The molecule has 3 rings (SSSR count). The third-order valence-corrected chi connectivity index (χ3v) is 6.09. The standard InChI is InChI=1S/C14H17ClFN5O3S/c15-11-7-10(1-2-12(11)16)25(22,23)21-5-3-20(4-6-21)9-13-18-14(8-17)24-19-13/h1-2,7H,3-6,8-9,17H2. The van der Waals surface area contributed by atoms with Gasteiger partial charge in [-0.25, -0.2) is 12.8 Å². The summed E-state index contributed by atoms with van der Waals surface area (Å²) in [4.78, 5) is 6.14. The number of aromatic nitrogens is 2. The Labute approximate surface area is 149 Å². The fourth-order valence-corrected chi connectivity index (χ4v) is 4.25. The first kappa shape index (κ1) is 18.2. The van der Waals surface area contributed by atoms with Gasteiger partial charge in [0.1, 0.15) is 5.82 Å². The molecule has 25 heavy (non-hydrogen) atoms. The zero-order valence-corrected chi connectivity index (χ0v) is 14.8. The zero-order valence-electron chi connectivity index (χ0n) is 13.2. The largest absolute Gasteiger partial charge is 0.338 e. The van der Waals surface area contributed by atoms with Crippen molar-refractivity contribution < 1.29 is 17.3 Å². The maximum Gasteiger partial charge on any atom is 0.243 e. The predicted octanol–water partition coefficient (Wildman–Crippen LogP) is 0.827. The molecule has 1 saturated heterocycles. The van der Waals surface area contributed by atoms with Crippen LogP contribution in [-0.2, 0) is 23.1 Å². The predicted molar refractivity (Wildman–Crippen MR) is 87.6 cm³/mol. The number of hydrogen-bond donors (Lipinski definition) is 1. The second kappa shape index (κ2) is 7.34. The lowest BCUT2D eigenvalue weighted by molar-refractivity contribution is 0.176. The summed E-state index contributed by atoms with van der Waals surface area (Å²) in [5, 5.41) is 3.61. The van der Waals surface area contributed by atoms with Crippen LogP contribution in [0.5, 0.6) is 0 Å². The lowest BCUT2D eigenvalue weighted by atomic mass is 10.3. The van der Waals surface area contributed by atoms with Gasteiger partial charge in [0.05, 0.1) is 23.0 Å². The van der Waals surface area contributed by atoms with Crippen molar-refractivity contribution in [3.63, 3.8) is 0 Å². The zero-order chi connectivity index (χ0) is 18.0. The van der Waals surface area contributed by atoms with E-state index in [1.54, 1.807) is 0 Å². The van der Waals surface area contributed by atoms with E-state index >= 15 is 0 Å². The number of benzene rings is 1. The number of halogens is 2. The Bertz CT molecular complexity index is 852. The van der Waals surface area contributed by atoms with E-state index in [2.05, 4.69) is 10.1 Å². The molecule has 1 aromatic heterocycles. The normalized spacial score (nSPS) is 17.1. The topological polar surface area (TPSA) is 106 Å². The molecule has 0 bridgehead atoms. The van der Waals surface area contributed by atoms with Crippen LogP contribution in [0, 0.1) is 5.82 Å². The van der Waals surface area contributed by atoms with Gasteiger partial charge in [0.15, 0.2) is 5.82 Å². The molecular formula is C14H17ClFN5O3S. The van der Waals surface area contributed by atoms with Gasteiger partial charge in [-0.2, -0.15) is 9.29 Å². The Balaban J connectivity index is 1.63. The number of piperazine rings is 1. The molecule has 2 heterocycles. The molecule has 0 atom stereocenters. The monoisotopic (exact) mass is 389 g/mol. The molecule has 0 aliphatic carbocycles. The Kier molecular flexibility index (Phi) is 5.35. The van der Waals surface area contributed by atoms with E-state index in [0.29, 0.717) is 44.4 Å². The van der Waals surface area contributed by atoms with Gasteiger partial charge in [0, 0.05) is 26.2 Å². The van der Waals surface area contributed by atoms with Gasteiger partial charge in [0.25, 0.3) is 0 Å². The Morgan fingerprint density at radius 1 is 1.28 bits per heavy atom. The van der Waals surface area contributed by atoms with Crippen molar-refractivity contribution in [2.45, 2.75) is 18.0 Å². The average Bonchev–Trinajstić information content (AvgIpc) is 3.05. The van der Waals surface area contributed by atoms with E-state index in [1.165, 1.54) is 10.4 Å². The number of sulfonamides is 1. The van der Waals surface area contributed by atoms with E-state index in [1.807, 2.05) is 4.90 Å². The fraction of sp³-hybridized carbons (Fsp3) is 0.429. The first-order valence-corrected chi connectivity index (χ1v) is 9.41. The maximum atomic E-state index is 13.2. The van der Waals surface area contributed by atoms with Crippen LogP contribution in [0.2, 0.25) is 5.02 Å². The average molecular weight is 390 g/mol. The summed E-state index contributed by atoms with van der Waals surface area (Å²) in [5.41, 5.74) is 5.42. The molecule has 2 N–H and O–H groups in total. The molecule has 2 aromatic rings. The third-order valence-electron chi connectivity index (χ3n) is 3.91. The Hall–Kier alpha value is -1.59. The van der Waals surface area contributed by atoms with Crippen LogP contribution < -0.4 is 5.73 Å². The highest BCUT2D eigenvalue weighted by molar-refractivity contribution is 7.89. The summed E-state index contributed by atoms with van der Waals surface area (Å²) in [5.74, 6) is 0.230. The van der Waals surface area contributed by atoms with Crippen molar-refractivity contribution >= 4 is 21.6 Å². The summed E-state index contributed by atoms with van der Waals surface area (Å²) in [6.07, 6.45) is 0. The van der Waals surface area contributed by atoms with Crippen LogP contribution in [0.4, 0.5) is 4.39 Å². The molecule has 0 radical (unpaired) electrons. The second-order valence-electron chi connectivity index (χ2n) is 5.56. The van der Waals surface area contributed by atoms with E-state index in [9.17, 15) is 12.8 Å². The van der Waals surface area contributed by atoms with Crippen LogP contribution in [0.3, 0.4) is 0 Å². The Morgan fingerprint density at radius 3 is 2.60 bits per heavy atom. The summed E-state index contributed by atoms with van der Waals surface area (Å²) in [7, 11) is -3.71. The highest BCUT2D eigenvalue weighted by Gasteiger charge is 2.29. The van der Waals surface area contributed by atoms with Crippen molar-refractivity contribution in [2.75, 3.05) is 26.2 Å². The smallest absolute Gasteiger partial charge is 0.243 e. The summed E-state index contributed by atoms with van der Waals surface area (Å²) in [6.45, 7) is 2.28. The van der Waals surface area contributed by atoms with Crippen LogP contribution in [0.1, 0.15) is 11.7 Å². The molecule has 8 nitrogen and oxygen atoms in total. The molecule has 1 aliphatic heterocycles. The first-order valence-electron chi connectivity index (χ1n) is 7.59. The molecule has 1 aliphatic rings. The van der Waals surface area contributed by atoms with Gasteiger partial charge in [-0.15, -0.1) is 0 Å². The minimum Gasteiger partial charge on any atom is -0.338 e. The highest BCUT2D eigenvalue weighted by atomic mass is 35.5. The van der Waals surface area contributed by atoms with Gasteiger partial charge in [-0.3, -0.25) is 4.90 Å². The molecular weight excluding hydrogens is 373 g/mol. The maximum absolute atomic E-state index is 13.2. The van der Waals surface area contributed by atoms with Gasteiger partial charge in [-0.05, 0) is 18.2 Å². The van der Waals surface area contributed by atoms with Gasteiger partial charge in [-0.1, -0.05) is 16.8 Å². The third kappa shape index (κ3) is 3.98. The highest BCUT2D eigenvalue weighted by Crippen LogP contribution is 2.23. The van der Waals surface area contributed by atoms with Crippen molar-refractivity contribution in [3.8, 4) is 0 Å². The van der Waals surface area contributed by atoms with Crippen molar-refractivity contribution in [1.29, 1.82) is 0 Å². The molecule has 136 valence electrons. The quantitative estimate of drug-likeness (QED) is 0.807. The second-order valence-corrected chi connectivity index (χ2v) is 7.91. The van der Waals surface area contributed by atoms with Crippen LogP contribution in [0.15, 0.2) is 27.6 Å². The lowest BCUT2D eigenvalue weighted by Gasteiger charge is -2.33. The van der Waals surface area contributed by atoms with Crippen LogP contribution in [0.25, 0.3) is 0 Å². The summed E-state index contributed by atoms with van der Waals surface area (Å²) in [6, 6.07) is 3.40. The van der Waals surface area contributed by atoms with Gasteiger partial charge < -0.3 is 10.3 Å². The van der Waals surface area contributed by atoms with Crippen molar-refractivity contribution in [2.24, 2.45) is 5.73 Å². The van der Waals surface area contributed by atoms with Crippen molar-refractivity contribution in [1.82, 2.24) is 19.3 Å². The van der Waals surface area contributed by atoms with Gasteiger partial charge in [0.2, 0.25) is 15.9 Å². The molecule has 0 saturated carbocycles. The fourth-order valence-electron chi connectivity index (χ4n) is 2.55. The SMILES string of the molecule is NCc1nc(CN2CCN(S(=O)(=O)c3ccc(F)c(Cl)c3)CC2)no1. The van der Waals surface area contributed by atoms with E-state index in [0.717, 1.165) is 12.1 Å². The minimum atomic E-state index is -3.71. The van der Waals surface area contributed by atoms with E-state index in [-0.39, 0.29) is 16.5 Å². The number of nitrogens with zero attached hydrogens (tertiary/aromatic N) is 4. The molecule has 1 fully saturated rings. The number of hydrogen-bond acceptors (Lipinski definition) is 7. The molecule has 1 aromatic carbocycles. The molecule has 11 heteroatoms. The first-order chi connectivity index (χ1) is 11.9. The van der Waals surface area contributed by atoms with Crippen molar-refractivity contribution in [3.05, 3.63) is 40.8 Å². The lowest BCUT2D eigenvalue weighted by Crippen LogP contribution is -2.48. The van der Waals surface area contributed by atoms with Crippen LogP contribution >= 0.6 is 11.6 Å². The minimum absolute atomic E-state index is 0.0156. The summed E-state index contributed by atoms with van der Waals surface area (Å²) >= 11 is 5.69. The van der Waals surface area contributed by atoms with Gasteiger partial charge >= 0.3 is 0 Å². The molecule has 0 amide bonds. The van der Waals surface area contributed by atoms with E-state index < -0.39 is 15.8 Å². The van der Waals surface area contributed by atoms with E-state index in [4.69, 9.17) is 21.9 Å². The molecule has 0 unspecified atom stereocenters. The number of nitrogens with two attached hydrogens (primary N) is 1. The van der Waals surface area contributed by atoms with Crippen LogP contribution in [-0.4, -0.2) is 53.9 Å². The molecule has 0 spiro atoms. The summed E-state index contributed by atoms with van der Waals surface area (Å²) < 4.78 is 44.8. The number of rotatable bonds is 5.